The molecule has 0 spiro atoms. The van der Waals surface area contributed by atoms with E-state index in [2.05, 4.69) is 53.4 Å². The van der Waals surface area contributed by atoms with E-state index in [1.807, 2.05) is 0 Å². The molecule has 0 bridgehead atoms. The van der Waals surface area contributed by atoms with Gasteiger partial charge in [0.2, 0.25) is 0 Å². The molecule has 1 N–H and O–H groups in total. The second kappa shape index (κ2) is 10.7. The molecule has 2 aliphatic heterocycles. The maximum Gasteiger partial charge on any atom is 0.193 e. The van der Waals surface area contributed by atoms with Crippen LogP contribution < -0.4 is 5.32 Å². The Labute approximate surface area is 164 Å². The summed E-state index contributed by atoms with van der Waals surface area (Å²) in [5, 5.41) is 3.42. The summed E-state index contributed by atoms with van der Waals surface area (Å²) in [6, 6.07) is 9.01. The molecule has 0 amide bonds. The molecule has 2 fully saturated rings. The summed E-state index contributed by atoms with van der Waals surface area (Å²) in [6.45, 7) is 10.1. The number of hydrogen-bond acceptors (Lipinski definition) is 3. The van der Waals surface area contributed by atoms with Crippen LogP contribution in [-0.4, -0.2) is 62.2 Å². The third-order valence-corrected chi connectivity index (χ3v) is 5.54. The van der Waals surface area contributed by atoms with Gasteiger partial charge in [-0.25, -0.2) is 4.99 Å². The molecule has 0 radical (unpaired) electrons. The highest BCUT2D eigenvalue weighted by molar-refractivity contribution is 5.79. The molecule has 2 aliphatic rings. The third kappa shape index (κ3) is 6.51. The average molecular weight is 373 g/mol. The van der Waals surface area contributed by atoms with Crippen molar-refractivity contribution < 1.29 is 4.74 Å². The number of aliphatic imine (C=N–C) groups is 1. The lowest BCUT2D eigenvalue weighted by Gasteiger charge is -2.26. The zero-order valence-electron chi connectivity index (χ0n) is 17.1. The van der Waals surface area contributed by atoms with Gasteiger partial charge < -0.3 is 15.0 Å². The normalized spacial score (nSPS) is 21.4. The number of guanidine groups is 1. The smallest absolute Gasteiger partial charge is 0.193 e. The molecule has 1 aromatic carbocycles. The van der Waals surface area contributed by atoms with E-state index in [4.69, 9.17) is 9.73 Å². The lowest BCUT2D eigenvalue weighted by atomic mass is 10.1. The second-order valence-electron chi connectivity index (χ2n) is 7.93. The van der Waals surface area contributed by atoms with Crippen molar-refractivity contribution in [1.82, 2.24) is 15.1 Å². The number of benzene rings is 1. The SMILES string of the molecule is CCNC(=NCc1ccc(CN2CCCCC2)cc1)N(C)CC1CCOC1. The lowest BCUT2D eigenvalue weighted by Crippen LogP contribution is -2.41. The van der Waals surface area contributed by atoms with Gasteiger partial charge in [0.1, 0.15) is 0 Å². The van der Waals surface area contributed by atoms with E-state index in [1.54, 1.807) is 0 Å². The highest BCUT2D eigenvalue weighted by atomic mass is 16.5. The van der Waals surface area contributed by atoms with E-state index in [9.17, 15) is 0 Å². The minimum Gasteiger partial charge on any atom is -0.381 e. The lowest BCUT2D eigenvalue weighted by molar-refractivity contribution is 0.181. The first-order valence-corrected chi connectivity index (χ1v) is 10.6. The number of ether oxygens (including phenoxy) is 1. The van der Waals surface area contributed by atoms with Gasteiger partial charge in [0, 0.05) is 39.2 Å². The summed E-state index contributed by atoms with van der Waals surface area (Å²) in [5.41, 5.74) is 2.68. The molecular weight excluding hydrogens is 336 g/mol. The molecule has 1 atom stereocenters. The number of nitrogens with one attached hydrogen (secondary N) is 1. The predicted octanol–water partition coefficient (Wildman–Crippen LogP) is 3.11. The second-order valence-corrected chi connectivity index (χ2v) is 7.93. The zero-order chi connectivity index (χ0) is 18.9. The Balaban J connectivity index is 1.53. The minimum absolute atomic E-state index is 0.618. The van der Waals surface area contributed by atoms with Gasteiger partial charge in [0.05, 0.1) is 13.2 Å². The monoisotopic (exact) mass is 372 g/mol. The maximum atomic E-state index is 5.50. The number of nitrogens with zero attached hydrogens (tertiary/aromatic N) is 3. The number of hydrogen-bond donors (Lipinski definition) is 1. The molecule has 2 saturated heterocycles. The largest absolute Gasteiger partial charge is 0.381 e. The van der Waals surface area contributed by atoms with Gasteiger partial charge in [0.15, 0.2) is 5.96 Å². The maximum absolute atomic E-state index is 5.50. The molecule has 0 saturated carbocycles. The van der Waals surface area contributed by atoms with Crippen molar-refractivity contribution in [3.8, 4) is 0 Å². The zero-order valence-corrected chi connectivity index (χ0v) is 17.1. The van der Waals surface area contributed by atoms with E-state index >= 15 is 0 Å². The van der Waals surface area contributed by atoms with Gasteiger partial charge in [-0.1, -0.05) is 30.7 Å². The standard InChI is InChI=1S/C22H36N4O/c1-3-23-22(25(2)16-21-11-14-27-18-21)24-15-19-7-9-20(10-8-19)17-26-12-5-4-6-13-26/h7-10,21H,3-6,11-18H2,1-2H3,(H,23,24). The molecule has 3 rings (SSSR count). The Bertz CT molecular complexity index is 574. The molecular formula is C22H36N4O. The number of likely N-dealkylation sites (tertiary alicyclic amines) is 1. The fraction of sp³-hybridized carbons (Fsp3) is 0.682. The van der Waals surface area contributed by atoms with Crippen molar-refractivity contribution in [2.24, 2.45) is 10.9 Å². The van der Waals surface area contributed by atoms with Crippen molar-refractivity contribution in [2.45, 2.75) is 45.7 Å². The Morgan fingerprint density at radius 1 is 1.19 bits per heavy atom. The van der Waals surface area contributed by atoms with Crippen LogP contribution in [0, 0.1) is 5.92 Å². The molecule has 2 heterocycles. The summed E-state index contributed by atoms with van der Waals surface area (Å²) in [5.74, 6) is 1.61. The summed E-state index contributed by atoms with van der Waals surface area (Å²) in [6.07, 6.45) is 5.24. The Kier molecular flexibility index (Phi) is 7.96. The van der Waals surface area contributed by atoms with Crippen molar-refractivity contribution in [1.29, 1.82) is 0 Å². The van der Waals surface area contributed by atoms with Gasteiger partial charge in [-0.2, -0.15) is 0 Å². The van der Waals surface area contributed by atoms with Gasteiger partial charge in [0.25, 0.3) is 0 Å². The van der Waals surface area contributed by atoms with E-state index in [-0.39, 0.29) is 0 Å². The Morgan fingerprint density at radius 3 is 2.59 bits per heavy atom. The molecule has 5 nitrogen and oxygen atoms in total. The van der Waals surface area contributed by atoms with Crippen LogP contribution in [-0.2, 0) is 17.8 Å². The van der Waals surface area contributed by atoms with E-state index < -0.39 is 0 Å². The first-order valence-electron chi connectivity index (χ1n) is 10.6. The quantitative estimate of drug-likeness (QED) is 0.590. The van der Waals surface area contributed by atoms with Crippen LogP contribution in [0.2, 0.25) is 0 Å². The molecule has 5 heteroatoms. The number of piperidine rings is 1. The van der Waals surface area contributed by atoms with Crippen LogP contribution >= 0.6 is 0 Å². The van der Waals surface area contributed by atoms with Crippen molar-refractivity contribution in [3.05, 3.63) is 35.4 Å². The topological polar surface area (TPSA) is 40.1 Å². The van der Waals surface area contributed by atoms with Gasteiger partial charge in [-0.05, 0) is 50.4 Å². The highest BCUT2D eigenvalue weighted by Crippen LogP contribution is 2.15. The molecule has 27 heavy (non-hydrogen) atoms. The summed E-state index contributed by atoms with van der Waals surface area (Å²) < 4.78 is 5.50. The molecule has 1 unspecified atom stereocenters. The summed E-state index contributed by atoms with van der Waals surface area (Å²) in [7, 11) is 2.13. The highest BCUT2D eigenvalue weighted by Gasteiger charge is 2.19. The Hall–Kier alpha value is -1.59. The first-order chi connectivity index (χ1) is 13.2. The third-order valence-electron chi connectivity index (χ3n) is 5.54. The van der Waals surface area contributed by atoms with Gasteiger partial charge in [-0.15, -0.1) is 0 Å². The summed E-state index contributed by atoms with van der Waals surface area (Å²) in [4.78, 5) is 9.67. The average Bonchev–Trinajstić information content (AvgIpc) is 3.20. The summed E-state index contributed by atoms with van der Waals surface area (Å²) >= 11 is 0. The van der Waals surface area contributed by atoms with Gasteiger partial charge in [-0.3, -0.25) is 4.90 Å². The van der Waals surface area contributed by atoms with E-state index in [0.29, 0.717) is 5.92 Å². The molecule has 0 aromatic heterocycles. The number of rotatable bonds is 7. The van der Waals surface area contributed by atoms with Gasteiger partial charge >= 0.3 is 0 Å². The first kappa shape index (κ1) is 20.2. The Morgan fingerprint density at radius 2 is 1.93 bits per heavy atom. The fourth-order valence-electron chi connectivity index (χ4n) is 3.96. The minimum atomic E-state index is 0.618. The van der Waals surface area contributed by atoms with Crippen LogP contribution in [0.4, 0.5) is 0 Å². The van der Waals surface area contributed by atoms with Crippen molar-refractivity contribution in [2.75, 3.05) is 46.4 Å². The van der Waals surface area contributed by atoms with Crippen molar-refractivity contribution in [3.63, 3.8) is 0 Å². The van der Waals surface area contributed by atoms with Crippen LogP contribution in [0.25, 0.3) is 0 Å². The van der Waals surface area contributed by atoms with Crippen LogP contribution in [0.1, 0.15) is 43.7 Å². The van der Waals surface area contributed by atoms with Crippen LogP contribution in [0.3, 0.4) is 0 Å². The fourth-order valence-corrected chi connectivity index (χ4v) is 3.96. The van der Waals surface area contributed by atoms with E-state index in [0.717, 1.165) is 51.8 Å². The molecule has 150 valence electrons. The molecule has 1 aromatic rings. The van der Waals surface area contributed by atoms with Crippen LogP contribution in [0.15, 0.2) is 29.3 Å². The predicted molar refractivity (Wildman–Crippen MR) is 112 cm³/mol. The van der Waals surface area contributed by atoms with Crippen molar-refractivity contribution >= 4 is 5.96 Å². The van der Waals surface area contributed by atoms with Crippen LogP contribution in [0.5, 0.6) is 0 Å². The molecule has 0 aliphatic carbocycles. The van der Waals surface area contributed by atoms with E-state index in [1.165, 1.54) is 43.5 Å².